The molecule has 1 aromatic carbocycles. The van der Waals surface area contributed by atoms with E-state index < -0.39 is 0 Å². The third kappa shape index (κ3) is 4.94. The lowest BCUT2D eigenvalue weighted by molar-refractivity contribution is 0.220. The summed E-state index contributed by atoms with van der Waals surface area (Å²) in [6.07, 6.45) is 3.24. The number of rotatable bonds is 5. The summed E-state index contributed by atoms with van der Waals surface area (Å²) in [4.78, 5) is 22.2. The van der Waals surface area contributed by atoms with Crippen LogP contribution in [0.25, 0.3) is 0 Å². The summed E-state index contributed by atoms with van der Waals surface area (Å²) in [5.74, 6) is 1.06. The summed E-state index contributed by atoms with van der Waals surface area (Å²) in [5, 5.41) is 3.42. The van der Waals surface area contributed by atoms with Crippen molar-refractivity contribution in [2.24, 2.45) is 0 Å². The first-order valence-electron chi connectivity index (χ1n) is 7.91. The van der Waals surface area contributed by atoms with Gasteiger partial charge in [-0.25, -0.2) is 9.78 Å². The number of hydrogen-bond donors (Lipinski definition) is 1. The molecular weight excluding hydrogens is 352 g/mol. The van der Waals surface area contributed by atoms with Gasteiger partial charge in [0.1, 0.15) is 5.75 Å². The second-order valence-electron chi connectivity index (χ2n) is 5.55. The second kappa shape index (κ2) is 8.31. The molecule has 2 heterocycles. The van der Waals surface area contributed by atoms with Crippen molar-refractivity contribution < 1.29 is 9.53 Å². The Morgan fingerprint density at radius 1 is 1.12 bits per heavy atom. The number of carbonyl (C=O) groups excluding carboxylic acids is 1. The van der Waals surface area contributed by atoms with Crippen molar-refractivity contribution >= 4 is 23.3 Å². The molecule has 6 nitrogen and oxygen atoms in total. The van der Waals surface area contributed by atoms with E-state index in [2.05, 4.69) is 15.3 Å². The topological polar surface area (TPSA) is 67.4 Å². The summed E-state index contributed by atoms with van der Waals surface area (Å²) >= 11 is 5.84. The van der Waals surface area contributed by atoms with E-state index in [1.807, 2.05) is 18.2 Å². The summed E-state index contributed by atoms with van der Waals surface area (Å²) < 4.78 is 5.62. The fourth-order valence-electron chi connectivity index (χ4n) is 2.16. The van der Waals surface area contributed by atoms with Crippen LogP contribution in [0.15, 0.2) is 67.0 Å². The SMILES string of the molecule is CN(Cc1ccccn1)C(=O)Nc1ccc(Oc2ccc(Cl)cc2)nc1. The van der Waals surface area contributed by atoms with Gasteiger partial charge < -0.3 is 15.0 Å². The fourth-order valence-corrected chi connectivity index (χ4v) is 2.29. The van der Waals surface area contributed by atoms with Crippen LogP contribution in [-0.2, 0) is 6.54 Å². The van der Waals surface area contributed by atoms with E-state index in [1.54, 1.807) is 54.5 Å². The smallest absolute Gasteiger partial charge is 0.321 e. The molecule has 0 saturated carbocycles. The van der Waals surface area contributed by atoms with Crippen molar-refractivity contribution in [3.05, 3.63) is 77.7 Å². The first kappa shape index (κ1) is 17.7. The molecule has 0 bridgehead atoms. The number of hydrogen-bond acceptors (Lipinski definition) is 4. The number of carbonyl (C=O) groups is 1. The molecule has 3 aromatic rings. The van der Waals surface area contributed by atoms with E-state index in [-0.39, 0.29) is 6.03 Å². The van der Waals surface area contributed by atoms with Crippen LogP contribution in [0, 0.1) is 0 Å². The Morgan fingerprint density at radius 3 is 2.58 bits per heavy atom. The zero-order valence-corrected chi connectivity index (χ0v) is 14.8. The van der Waals surface area contributed by atoms with E-state index >= 15 is 0 Å². The molecule has 132 valence electrons. The summed E-state index contributed by atoms with van der Waals surface area (Å²) in [6.45, 7) is 0.415. The highest BCUT2D eigenvalue weighted by molar-refractivity contribution is 6.30. The molecule has 0 aliphatic carbocycles. The number of nitrogens with zero attached hydrogens (tertiary/aromatic N) is 3. The molecule has 2 aromatic heterocycles. The van der Waals surface area contributed by atoms with Crippen molar-refractivity contribution in [1.82, 2.24) is 14.9 Å². The average molecular weight is 369 g/mol. The van der Waals surface area contributed by atoms with Crippen LogP contribution in [-0.4, -0.2) is 27.9 Å². The quantitative estimate of drug-likeness (QED) is 0.715. The first-order valence-corrected chi connectivity index (χ1v) is 8.29. The molecule has 0 aliphatic rings. The number of benzene rings is 1. The molecule has 0 unspecified atom stereocenters. The number of ether oxygens (including phenoxy) is 1. The molecule has 0 atom stereocenters. The molecule has 0 saturated heterocycles. The number of anilines is 1. The molecular formula is C19H17ClN4O2. The van der Waals surface area contributed by atoms with Crippen molar-refractivity contribution in [1.29, 1.82) is 0 Å². The van der Waals surface area contributed by atoms with Gasteiger partial charge in [-0.3, -0.25) is 4.98 Å². The first-order chi connectivity index (χ1) is 12.6. The van der Waals surface area contributed by atoms with Gasteiger partial charge in [0, 0.05) is 24.3 Å². The third-order valence-corrected chi connectivity index (χ3v) is 3.75. The number of pyridine rings is 2. The van der Waals surface area contributed by atoms with Crippen molar-refractivity contribution in [2.45, 2.75) is 6.54 Å². The normalized spacial score (nSPS) is 10.2. The number of halogens is 1. The molecule has 7 heteroatoms. The number of amides is 2. The maximum atomic E-state index is 12.2. The Kier molecular flexibility index (Phi) is 5.66. The number of aromatic nitrogens is 2. The molecule has 26 heavy (non-hydrogen) atoms. The van der Waals surface area contributed by atoms with Gasteiger partial charge in [-0.05, 0) is 42.5 Å². The third-order valence-electron chi connectivity index (χ3n) is 3.50. The van der Waals surface area contributed by atoms with Crippen LogP contribution in [0.1, 0.15) is 5.69 Å². The van der Waals surface area contributed by atoms with E-state index in [0.29, 0.717) is 28.9 Å². The lowest BCUT2D eigenvalue weighted by Crippen LogP contribution is -2.31. The van der Waals surface area contributed by atoms with E-state index in [0.717, 1.165) is 5.69 Å². The minimum atomic E-state index is -0.246. The second-order valence-corrected chi connectivity index (χ2v) is 5.98. The zero-order chi connectivity index (χ0) is 18.4. The van der Waals surface area contributed by atoms with E-state index in [9.17, 15) is 4.79 Å². The van der Waals surface area contributed by atoms with Gasteiger partial charge in [-0.2, -0.15) is 0 Å². The molecule has 3 rings (SSSR count). The summed E-state index contributed by atoms with van der Waals surface area (Å²) in [7, 11) is 1.70. The van der Waals surface area contributed by atoms with Crippen molar-refractivity contribution in [2.75, 3.05) is 12.4 Å². The van der Waals surface area contributed by atoms with Gasteiger partial charge in [-0.15, -0.1) is 0 Å². The van der Waals surface area contributed by atoms with Crippen LogP contribution < -0.4 is 10.1 Å². The molecule has 0 spiro atoms. The van der Waals surface area contributed by atoms with Gasteiger partial charge in [0.05, 0.1) is 24.1 Å². The minimum Gasteiger partial charge on any atom is -0.439 e. The maximum Gasteiger partial charge on any atom is 0.321 e. The van der Waals surface area contributed by atoms with Crippen LogP contribution in [0.4, 0.5) is 10.5 Å². The van der Waals surface area contributed by atoms with Crippen LogP contribution >= 0.6 is 11.6 Å². The lowest BCUT2D eigenvalue weighted by atomic mass is 10.3. The van der Waals surface area contributed by atoms with E-state index in [1.165, 1.54) is 6.20 Å². The van der Waals surface area contributed by atoms with Crippen LogP contribution in [0.3, 0.4) is 0 Å². The van der Waals surface area contributed by atoms with Crippen molar-refractivity contribution in [3.63, 3.8) is 0 Å². The predicted octanol–water partition coefficient (Wildman–Crippen LogP) is 4.59. The van der Waals surface area contributed by atoms with Crippen LogP contribution in [0.5, 0.6) is 11.6 Å². The molecule has 0 fully saturated rings. The fraction of sp³-hybridized carbons (Fsp3) is 0.105. The average Bonchev–Trinajstić information content (AvgIpc) is 2.66. The highest BCUT2D eigenvalue weighted by Gasteiger charge is 2.10. The highest BCUT2D eigenvalue weighted by Crippen LogP contribution is 2.22. The largest absolute Gasteiger partial charge is 0.439 e. The van der Waals surface area contributed by atoms with Gasteiger partial charge in [-0.1, -0.05) is 17.7 Å². The minimum absolute atomic E-state index is 0.246. The maximum absolute atomic E-state index is 12.2. The van der Waals surface area contributed by atoms with Gasteiger partial charge in [0.15, 0.2) is 0 Å². The Bertz CT molecular complexity index is 855. The molecule has 0 radical (unpaired) electrons. The Balaban J connectivity index is 1.56. The summed E-state index contributed by atoms with van der Waals surface area (Å²) in [6, 6.07) is 15.7. The highest BCUT2D eigenvalue weighted by atomic mass is 35.5. The monoisotopic (exact) mass is 368 g/mol. The van der Waals surface area contributed by atoms with Gasteiger partial charge in [0.2, 0.25) is 5.88 Å². The van der Waals surface area contributed by atoms with Gasteiger partial charge >= 0.3 is 6.03 Å². The molecule has 2 amide bonds. The Morgan fingerprint density at radius 2 is 1.92 bits per heavy atom. The number of urea groups is 1. The van der Waals surface area contributed by atoms with E-state index in [4.69, 9.17) is 16.3 Å². The van der Waals surface area contributed by atoms with Crippen molar-refractivity contribution in [3.8, 4) is 11.6 Å². The molecule has 0 aliphatic heterocycles. The zero-order valence-electron chi connectivity index (χ0n) is 14.1. The van der Waals surface area contributed by atoms with Crippen LogP contribution in [0.2, 0.25) is 5.02 Å². The molecule has 1 N–H and O–H groups in total. The lowest BCUT2D eigenvalue weighted by Gasteiger charge is -2.17. The standard InChI is InChI=1S/C19H17ClN4O2/c1-24(13-16-4-2-3-11-21-16)19(25)23-15-7-10-18(22-12-15)26-17-8-5-14(20)6-9-17/h2-12H,13H2,1H3,(H,23,25). The predicted molar refractivity (Wildman–Crippen MR) is 100 cm³/mol. The number of nitrogens with one attached hydrogen (secondary N) is 1. The Hall–Kier alpha value is -3.12. The summed E-state index contributed by atoms with van der Waals surface area (Å²) in [5.41, 5.74) is 1.39. The Labute approximate surface area is 156 Å². The van der Waals surface area contributed by atoms with Gasteiger partial charge in [0.25, 0.3) is 0 Å².